The topological polar surface area (TPSA) is 81.8 Å². The highest BCUT2D eigenvalue weighted by atomic mass is 35.5. The van der Waals surface area contributed by atoms with E-state index in [0.717, 1.165) is 54.8 Å². The molecule has 3 aliphatic heterocycles. The van der Waals surface area contributed by atoms with E-state index in [0.29, 0.717) is 6.42 Å². The molecule has 7 nitrogen and oxygen atoms in total. The Bertz CT molecular complexity index is 817. The van der Waals surface area contributed by atoms with Gasteiger partial charge in [-0.2, -0.15) is 0 Å². The summed E-state index contributed by atoms with van der Waals surface area (Å²) in [5, 5.41) is 6.27. The molecule has 4 amide bonds. The Hall–Kier alpha value is -2.12. The molecule has 1 aliphatic carbocycles. The van der Waals surface area contributed by atoms with Gasteiger partial charge in [0.2, 0.25) is 5.91 Å². The summed E-state index contributed by atoms with van der Waals surface area (Å²) in [4.78, 5) is 41.9. The Morgan fingerprint density at radius 1 is 1.14 bits per heavy atom. The van der Waals surface area contributed by atoms with Crippen LogP contribution >= 0.6 is 12.4 Å². The van der Waals surface area contributed by atoms with Crippen LogP contribution in [0.5, 0.6) is 0 Å². The number of halogens is 1. The van der Waals surface area contributed by atoms with E-state index in [1.54, 1.807) is 0 Å². The molecule has 2 N–H and O–H groups in total. The maximum atomic E-state index is 13.2. The largest absolute Gasteiger partial charge is 0.334 e. The summed E-state index contributed by atoms with van der Waals surface area (Å²) < 4.78 is 0. The van der Waals surface area contributed by atoms with Gasteiger partial charge in [0.15, 0.2) is 0 Å². The molecule has 0 aromatic heterocycles. The predicted molar refractivity (Wildman–Crippen MR) is 105 cm³/mol. The number of benzene rings is 1. The number of amides is 4. The van der Waals surface area contributed by atoms with E-state index in [9.17, 15) is 14.4 Å². The quantitative estimate of drug-likeness (QED) is 0.724. The predicted octanol–water partition coefficient (Wildman–Crippen LogP) is 1.15. The number of hydrogen-bond donors (Lipinski definition) is 2. The average Bonchev–Trinajstić information content (AvgIpc) is 3.23. The first-order valence-electron chi connectivity index (χ1n) is 9.84. The Labute approximate surface area is 170 Å². The van der Waals surface area contributed by atoms with Crippen molar-refractivity contribution < 1.29 is 14.4 Å². The maximum Gasteiger partial charge on any atom is 0.325 e. The van der Waals surface area contributed by atoms with Crippen molar-refractivity contribution in [2.75, 3.05) is 19.6 Å². The third kappa shape index (κ3) is 2.71. The van der Waals surface area contributed by atoms with Gasteiger partial charge < -0.3 is 15.5 Å². The fourth-order valence-corrected chi connectivity index (χ4v) is 5.34. The lowest BCUT2D eigenvalue weighted by atomic mass is 9.92. The molecule has 2 bridgehead atoms. The zero-order valence-corrected chi connectivity index (χ0v) is 16.5. The number of urea groups is 1. The maximum absolute atomic E-state index is 13.2. The molecule has 3 saturated heterocycles. The first-order chi connectivity index (χ1) is 13.1. The van der Waals surface area contributed by atoms with Crippen LogP contribution in [0.25, 0.3) is 0 Å². The van der Waals surface area contributed by atoms with Crippen molar-refractivity contribution in [2.45, 2.75) is 49.7 Å². The van der Waals surface area contributed by atoms with Gasteiger partial charge in [-0.25, -0.2) is 4.79 Å². The molecule has 0 saturated carbocycles. The zero-order valence-electron chi connectivity index (χ0n) is 15.6. The molecular formula is C20H25ClN4O3. The SMILES string of the molecule is Cl.O=C1NC2(CCc3ccccc32)C(=O)N1CC(=O)N1C2CCNCC1CC2. The Morgan fingerprint density at radius 2 is 1.93 bits per heavy atom. The van der Waals surface area contributed by atoms with Gasteiger partial charge in [0.25, 0.3) is 5.91 Å². The molecule has 3 atom stereocenters. The van der Waals surface area contributed by atoms with Crippen molar-refractivity contribution in [3.05, 3.63) is 35.4 Å². The number of rotatable bonds is 2. The molecule has 3 unspecified atom stereocenters. The van der Waals surface area contributed by atoms with Crippen LogP contribution in [0.15, 0.2) is 24.3 Å². The van der Waals surface area contributed by atoms with Gasteiger partial charge in [-0.3, -0.25) is 14.5 Å². The van der Waals surface area contributed by atoms with Crippen molar-refractivity contribution in [1.82, 2.24) is 20.4 Å². The smallest absolute Gasteiger partial charge is 0.325 e. The van der Waals surface area contributed by atoms with Crippen LogP contribution in [-0.2, 0) is 21.5 Å². The molecule has 4 aliphatic rings. The van der Waals surface area contributed by atoms with Gasteiger partial charge in [-0.05, 0) is 49.8 Å². The summed E-state index contributed by atoms with van der Waals surface area (Å²) in [7, 11) is 0. The lowest BCUT2D eigenvalue weighted by Gasteiger charge is -2.29. The first kappa shape index (κ1) is 19.2. The monoisotopic (exact) mass is 404 g/mol. The number of nitrogens with one attached hydrogen (secondary N) is 2. The van der Waals surface area contributed by atoms with E-state index in [-0.39, 0.29) is 42.8 Å². The molecule has 0 radical (unpaired) electrons. The van der Waals surface area contributed by atoms with Crippen molar-refractivity contribution in [3.63, 3.8) is 0 Å². The number of imide groups is 1. The summed E-state index contributed by atoms with van der Waals surface area (Å²) in [6.45, 7) is 1.54. The molecule has 3 fully saturated rings. The van der Waals surface area contributed by atoms with E-state index < -0.39 is 11.6 Å². The van der Waals surface area contributed by atoms with E-state index >= 15 is 0 Å². The molecule has 28 heavy (non-hydrogen) atoms. The molecule has 5 rings (SSSR count). The molecule has 8 heteroatoms. The van der Waals surface area contributed by atoms with Crippen molar-refractivity contribution in [1.29, 1.82) is 0 Å². The molecular weight excluding hydrogens is 380 g/mol. The molecule has 150 valence electrons. The minimum absolute atomic E-state index is 0. The summed E-state index contributed by atoms with van der Waals surface area (Å²) in [5.74, 6) is -0.399. The third-order valence-electron chi connectivity index (χ3n) is 6.66. The minimum atomic E-state index is -0.993. The summed E-state index contributed by atoms with van der Waals surface area (Å²) >= 11 is 0. The minimum Gasteiger partial charge on any atom is -0.334 e. The second kappa shape index (κ2) is 7.04. The third-order valence-corrected chi connectivity index (χ3v) is 6.66. The number of carbonyl (C=O) groups is 3. The highest BCUT2D eigenvalue weighted by molar-refractivity contribution is 6.10. The van der Waals surface area contributed by atoms with Crippen molar-refractivity contribution in [3.8, 4) is 0 Å². The number of carbonyl (C=O) groups excluding carboxylic acids is 3. The zero-order chi connectivity index (χ0) is 18.6. The molecule has 1 aromatic rings. The van der Waals surface area contributed by atoms with Crippen molar-refractivity contribution in [2.24, 2.45) is 0 Å². The van der Waals surface area contributed by atoms with Gasteiger partial charge in [0, 0.05) is 18.6 Å². The van der Waals surface area contributed by atoms with Crippen LogP contribution in [0.1, 0.15) is 36.8 Å². The number of aryl methyl sites for hydroxylation is 1. The highest BCUT2D eigenvalue weighted by Gasteiger charge is 2.56. The number of nitrogens with zero attached hydrogens (tertiary/aromatic N) is 2. The van der Waals surface area contributed by atoms with E-state index in [1.807, 2.05) is 29.2 Å². The number of hydrogen-bond acceptors (Lipinski definition) is 4. The van der Waals surface area contributed by atoms with Crippen LogP contribution in [-0.4, -0.2) is 59.4 Å². The second-order valence-corrected chi connectivity index (χ2v) is 8.06. The first-order valence-corrected chi connectivity index (χ1v) is 9.84. The molecule has 1 aromatic carbocycles. The van der Waals surface area contributed by atoms with Crippen LogP contribution in [0.4, 0.5) is 4.79 Å². The summed E-state index contributed by atoms with van der Waals surface area (Å²) in [6.07, 6.45) is 4.24. The normalized spacial score (nSPS) is 30.9. The summed E-state index contributed by atoms with van der Waals surface area (Å²) in [5.41, 5.74) is 0.973. The Kier molecular flexibility index (Phi) is 4.83. The van der Waals surface area contributed by atoms with Gasteiger partial charge in [-0.1, -0.05) is 24.3 Å². The van der Waals surface area contributed by atoms with Crippen LogP contribution in [0.2, 0.25) is 0 Å². The fraction of sp³-hybridized carbons (Fsp3) is 0.550. The van der Waals surface area contributed by atoms with Gasteiger partial charge in [0.1, 0.15) is 12.1 Å². The average molecular weight is 405 g/mol. The lowest BCUT2D eigenvalue weighted by molar-refractivity contribution is -0.140. The van der Waals surface area contributed by atoms with Crippen LogP contribution in [0.3, 0.4) is 0 Å². The fourth-order valence-electron chi connectivity index (χ4n) is 5.34. The standard InChI is InChI=1S/C20H24N4O3.ClH/c25-17(24-14-5-6-15(24)11-21-10-8-14)12-23-18(26)20(22-19(23)27)9-7-13-3-1-2-4-16(13)20;/h1-4,14-15,21H,5-12H2,(H,22,27);1H. The van der Waals surface area contributed by atoms with E-state index in [2.05, 4.69) is 10.6 Å². The van der Waals surface area contributed by atoms with E-state index in [4.69, 9.17) is 0 Å². The van der Waals surface area contributed by atoms with Gasteiger partial charge >= 0.3 is 6.03 Å². The van der Waals surface area contributed by atoms with Gasteiger partial charge in [-0.15, -0.1) is 12.4 Å². The van der Waals surface area contributed by atoms with E-state index in [1.165, 1.54) is 0 Å². The highest BCUT2D eigenvalue weighted by Crippen LogP contribution is 2.41. The Balaban J connectivity index is 0.00000192. The molecule has 1 spiro atoms. The van der Waals surface area contributed by atoms with Crippen molar-refractivity contribution >= 4 is 30.3 Å². The molecule has 3 heterocycles. The van der Waals surface area contributed by atoms with Gasteiger partial charge in [0.05, 0.1) is 0 Å². The lowest BCUT2D eigenvalue weighted by Crippen LogP contribution is -2.49. The van der Waals surface area contributed by atoms with Crippen LogP contribution in [0, 0.1) is 0 Å². The summed E-state index contributed by atoms with van der Waals surface area (Å²) in [6, 6.07) is 7.69. The second-order valence-electron chi connectivity index (χ2n) is 8.06. The Morgan fingerprint density at radius 3 is 2.79 bits per heavy atom. The number of fused-ring (bicyclic) bond motifs is 4. The van der Waals surface area contributed by atoms with Crippen LogP contribution < -0.4 is 10.6 Å².